The van der Waals surface area contributed by atoms with Gasteiger partial charge in [0.25, 0.3) is 5.91 Å². The number of ether oxygens (including phenoxy) is 3. The van der Waals surface area contributed by atoms with E-state index in [-0.39, 0.29) is 19.1 Å². The molecule has 2 amide bonds. The SMILES string of the molecule is C[C@@H](Oc1ccc2ccccc2c1)C(=O)NNC(=O)CCc1ccc2c(c1)OCO2. The van der Waals surface area contributed by atoms with Crippen LogP contribution in [0.4, 0.5) is 0 Å². The van der Waals surface area contributed by atoms with E-state index in [0.717, 1.165) is 16.3 Å². The average molecular weight is 406 g/mol. The normalized spacial score (nSPS) is 13.0. The maximum Gasteiger partial charge on any atom is 0.279 e. The first-order chi connectivity index (χ1) is 14.6. The minimum atomic E-state index is -0.764. The summed E-state index contributed by atoms with van der Waals surface area (Å²) in [6.07, 6.45) is -0.0262. The predicted molar refractivity (Wildman–Crippen MR) is 111 cm³/mol. The third-order valence-electron chi connectivity index (χ3n) is 4.81. The zero-order chi connectivity index (χ0) is 20.9. The quantitative estimate of drug-likeness (QED) is 0.615. The molecular formula is C23H22N2O5. The minimum Gasteiger partial charge on any atom is -0.481 e. The van der Waals surface area contributed by atoms with Crippen molar-refractivity contribution < 1.29 is 23.8 Å². The molecule has 0 bridgehead atoms. The summed E-state index contributed by atoms with van der Waals surface area (Å²) < 4.78 is 16.3. The van der Waals surface area contributed by atoms with Crippen LogP contribution in [0.15, 0.2) is 60.7 Å². The molecule has 0 unspecified atom stereocenters. The number of benzene rings is 3. The first-order valence-electron chi connectivity index (χ1n) is 9.71. The van der Waals surface area contributed by atoms with Gasteiger partial charge >= 0.3 is 0 Å². The van der Waals surface area contributed by atoms with Crippen LogP contribution in [-0.2, 0) is 16.0 Å². The lowest BCUT2D eigenvalue weighted by Gasteiger charge is -2.15. The molecule has 3 aromatic carbocycles. The molecule has 0 saturated heterocycles. The van der Waals surface area contributed by atoms with Gasteiger partial charge in [0.05, 0.1) is 0 Å². The van der Waals surface area contributed by atoms with Crippen LogP contribution < -0.4 is 25.1 Å². The second kappa shape index (κ2) is 8.73. The number of aryl methyl sites for hydroxylation is 1. The van der Waals surface area contributed by atoms with Gasteiger partial charge in [-0.15, -0.1) is 0 Å². The Morgan fingerprint density at radius 2 is 1.77 bits per heavy atom. The summed E-state index contributed by atoms with van der Waals surface area (Å²) >= 11 is 0. The molecule has 3 aromatic rings. The molecule has 2 N–H and O–H groups in total. The summed E-state index contributed by atoms with van der Waals surface area (Å²) in [5.74, 6) is 1.25. The molecule has 0 spiro atoms. The third-order valence-corrected chi connectivity index (χ3v) is 4.81. The van der Waals surface area contributed by atoms with Gasteiger partial charge < -0.3 is 14.2 Å². The highest BCUT2D eigenvalue weighted by Crippen LogP contribution is 2.32. The molecule has 0 saturated carbocycles. The molecule has 1 aliphatic heterocycles. The van der Waals surface area contributed by atoms with Gasteiger partial charge in [0.15, 0.2) is 17.6 Å². The van der Waals surface area contributed by atoms with Crippen LogP contribution in [-0.4, -0.2) is 24.7 Å². The molecule has 30 heavy (non-hydrogen) atoms. The molecular weight excluding hydrogens is 384 g/mol. The van der Waals surface area contributed by atoms with Crippen LogP contribution in [0.5, 0.6) is 17.2 Å². The molecule has 0 fully saturated rings. The Kier molecular flexibility index (Phi) is 5.70. The molecule has 0 aliphatic carbocycles. The van der Waals surface area contributed by atoms with Gasteiger partial charge in [0.1, 0.15) is 5.75 Å². The topological polar surface area (TPSA) is 85.9 Å². The number of carbonyl (C=O) groups is 2. The minimum absolute atomic E-state index is 0.213. The highest BCUT2D eigenvalue weighted by molar-refractivity contribution is 5.86. The van der Waals surface area contributed by atoms with Crippen LogP contribution in [0.3, 0.4) is 0 Å². The van der Waals surface area contributed by atoms with Crippen molar-refractivity contribution in [3.8, 4) is 17.2 Å². The summed E-state index contributed by atoms with van der Waals surface area (Å²) in [6, 6.07) is 19.1. The fourth-order valence-corrected chi connectivity index (χ4v) is 3.15. The highest BCUT2D eigenvalue weighted by atomic mass is 16.7. The number of hydrogen-bond donors (Lipinski definition) is 2. The van der Waals surface area contributed by atoms with Crippen molar-refractivity contribution in [3.63, 3.8) is 0 Å². The van der Waals surface area contributed by atoms with Gasteiger partial charge in [-0.3, -0.25) is 20.4 Å². The van der Waals surface area contributed by atoms with Crippen LogP contribution in [0.2, 0.25) is 0 Å². The molecule has 0 radical (unpaired) electrons. The van der Waals surface area contributed by atoms with Crippen molar-refractivity contribution >= 4 is 22.6 Å². The molecule has 1 aliphatic rings. The van der Waals surface area contributed by atoms with Crippen molar-refractivity contribution in [1.29, 1.82) is 0 Å². The van der Waals surface area contributed by atoms with Crippen molar-refractivity contribution in [3.05, 3.63) is 66.2 Å². The molecule has 7 heteroatoms. The van der Waals surface area contributed by atoms with E-state index < -0.39 is 12.0 Å². The third kappa shape index (κ3) is 4.63. The summed E-state index contributed by atoms with van der Waals surface area (Å²) in [5, 5.41) is 2.12. The number of hydrazine groups is 1. The van der Waals surface area contributed by atoms with Crippen LogP contribution in [0, 0.1) is 0 Å². The Balaban J connectivity index is 1.23. The molecule has 1 atom stereocenters. The Morgan fingerprint density at radius 3 is 2.63 bits per heavy atom. The Labute approximate surface area is 173 Å². The van der Waals surface area contributed by atoms with E-state index in [9.17, 15) is 9.59 Å². The van der Waals surface area contributed by atoms with Crippen LogP contribution in [0.1, 0.15) is 18.9 Å². The van der Waals surface area contributed by atoms with E-state index in [1.807, 2.05) is 60.7 Å². The van der Waals surface area contributed by atoms with E-state index in [0.29, 0.717) is 23.7 Å². The van der Waals surface area contributed by atoms with E-state index in [4.69, 9.17) is 14.2 Å². The Bertz CT molecular complexity index is 1080. The van der Waals surface area contributed by atoms with Crippen molar-refractivity contribution in [2.75, 3.05) is 6.79 Å². The molecule has 7 nitrogen and oxygen atoms in total. The molecule has 0 aromatic heterocycles. The molecule has 154 valence electrons. The number of rotatable bonds is 6. The maximum atomic E-state index is 12.2. The molecule has 4 rings (SSSR count). The first-order valence-corrected chi connectivity index (χ1v) is 9.71. The molecule has 1 heterocycles. The van der Waals surface area contributed by atoms with Gasteiger partial charge in [0, 0.05) is 6.42 Å². The first kappa shape index (κ1) is 19.6. The fourth-order valence-electron chi connectivity index (χ4n) is 3.15. The van der Waals surface area contributed by atoms with Crippen molar-refractivity contribution in [2.24, 2.45) is 0 Å². The second-order valence-corrected chi connectivity index (χ2v) is 6.99. The van der Waals surface area contributed by atoms with E-state index in [1.54, 1.807) is 6.92 Å². The largest absolute Gasteiger partial charge is 0.481 e. The van der Waals surface area contributed by atoms with Gasteiger partial charge in [0.2, 0.25) is 12.7 Å². The number of amides is 2. The smallest absolute Gasteiger partial charge is 0.279 e. The van der Waals surface area contributed by atoms with Gasteiger partial charge in [-0.05, 0) is 53.9 Å². The summed E-state index contributed by atoms with van der Waals surface area (Å²) in [6.45, 7) is 1.84. The van der Waals surface area contributed by atoms with E-state index >= 15 is 0 Å². The van der Waals surface area contributed by atoms with E-state index in [1.165, 1.54) is 0 Å². The van der Waals surface area contributed by atoms with Crippen LogP contribution in [0.25, 0.3) is 10.8 Å². The summed E-state index contributed by atoms with van der Waals surface area (Å²) in [5.41, 5.74) is 5.79. The number of nitrogens with one attached hydrogen (secondary N) is 2. The number of fused-ring (bicyclic) bond motifs is 2. The second-order valence-electron chi connectivity index (χ2n) is 6.99. The van der Waals surface area contributed by atoms with Gasteiger partial charge in [-0.25, -0.2) is 0 Å². The van der Waals surface area contributed by atoms with Crippen molar-refractivity contribution in [2.45, 2.75) is 25.9 Å². The standard InChI is InChI=1S/C23H22N2O5/c1-15(30-19-9-8-17-4-2-3-5-18(17)13-19)23(27)25-24-22(26)11-7-16-6-10-20-21(12-16)29-14-28-20/h2-6,8-10,12-13,15H,7,11,14H2,1H3,(H,24,26)(H,25,27)/t15-/m1/s1. The van der Waals surface area contributed by atoms with Gasteiger partial charge in [-0.1, -0.05) is 36.4 Å². The summed E-state index contributed by atoms with van der Waals surface area (Å²) in [7, 11) is 0. The lowest BCUT2D eigenvalue weighted by atomic mass is 10.1. The summed E-state index contributed by atoms with van der Waals surface area (Å²) in [4.78, 5) is 24.3. The Morgan fingerprint density at radius 1 is 0.967 bits per heavy atom. The lowest BCUT2D eigenvalue weighted by Crippen LogP contribution is -2.47. The van der Waals surface area contributed by atoms with Crippen molar-refractivity contribution in [1.82, 2.24) is 10.9 Å². The van der Waals surface area contributed by atoms with Crippen LogP contribution >= 0.6 is 0 Å². The lowest BCUT2D eigenvalue weighted by molar-refractivity contribution is -0.132. The highest BCUT2D eigenvalue weighted by Gasteiger charge is 2.16. The Hall–Kier alpha value is -3.74. The monoisotopic (exact) mass is 406 g/mol. The van der Waals surface area contributed by atoms with E-state index in [2.05, 4.69) is 10.9 Å². The number of carbonyl (C=O) groups excluding carboxylic acids is 2. The predicted octanol–water partition coefficient (Wildman–Crippen LogP) is 3.12. The average Bonchev–Trinajstić information content (AvgIpc) is 3.23. The zero-order valence-electron chi connectivity index (χ0n) is 16.5. The zero-order valence-corrected chi connectivity index (χ0v) is 16.5. The maximum absolute atomic E-state index is 12.2. The van der Waals surface area contributed by atoms with Gasteiger partial charge in [-0.2, -0.15) is 0 Å². The number of hydrogen-bond acceptors (Lipinski definition) is 5. The fraction of sp³-hybridized carbons (Fsp3) is 0.217.